The molecule has 0 aliphatic heterocycles. The number of para-hydroxylation sites is 1. The highest BCUT2D eigenvalue weighted by atomic mass is 35.5. The van der Waals surface area contributed by atoms with E-state index in [2.05, 4.69) is 5.32 Å². The van der Waals surface area contributed by atoms with E-state index in [1.807, 2.05) is 0 Å². The van der Waals surface area contributed by atoms with Gasteiger partial charge in [0.1, 0.15) is 17.0 Å². The van der Waals surface area contributed by atoms with Crippen LogP contribution in [-0.4, -0.2) is 22.2 Å². The fraction of sp³-hybridized carbons (Fsp3) is 0.0952. The number of methoxy groups -OCH3 is 1. The first-order valence-corrected chi connectivity index (χ1v) is 10.2. The lowest BCUT2D eigenvalue weighted by Crippen LogP contribution is -2.40. The molecule has 2 aromatic heterocycles. The molecule has 0 aliphatic rings. The van der Waals surface area contributed by atoms with Gasteiger partial charge in [0.05, 0.1) is 23.3 Å². The highest BCUT2D eigenvalue weighted by molar-refractivity contribution is 7.17. The molecule has 1 N–H and O–H groups in total. The number of amides is 1. The summed E-state index contributed by atoms with van der Waals surface area (Å²) >= 11 is 7.33. The Hall–Kier alpha value is -3.36. The lowest BCUT2D eigenvalue weighted by atomic mass is 10.3. The lowest BCUT2D eigenvalue weighted by molar-refractivity contribution is -0.116. The van der Waals surface area contributed by atoms with Crippen molar-refractivity contribution in [1.29, 1.82) is 0 Å². The summed E-state index contributed by atoms with van der Waals surface area (Å²) < 4.78 is 7.87. The first-order chi connectivity index (χ1) is 14.5. The summed E-state index contributed by atoms with van der Waals surface area (Å²) in [6, 6.07) is 15.1. The SMILES string of the molecule is COc1ccc(NC(=O)Cn2c(=O)n(-c3ccccc3)c(=O)c3sccc32)cc1Cl. The summed E-state index contributed by atoms with van der Waals surface area (Å²) in [5.41, 5.74) is 0.343. The molecule has 1 amide bonds. The first kappa shape index (κ1) is 19.9. The van der Waals surface area contributed by atoms with Crippen molar-refractivity contribution in [2.45, 2.75) is 6.54 Å². The molecule has 152 valence electrons. The predicted molar refractivity (Wildman–Crippen MR) is 118 cm³/mol. The number of aromatic nitrogens is 2. The summed E-state index contributed by atoms with van der Waals surface area (Å²) in [5, 5.41) is 4.79. The number of halogens is 1. The zero-order valence-electron chi connectivity index (χ0n) is 15.8. The van der Waals surface area contributed by atoms with Gasteiger partial charge in [-0.15, -0.1) is 11.3 Å². The molecule has 0 saturated heterocycles. The van der Waals surface area contributed by atoms with Crippen LogP contribution in [0.25, 0.3) is 15.9 Å². The molecule has 2 aromatic carbocycles. The second kappa shape index (κ2) is 8.17. The molecule has 0 fully saturated rings. The van der Waals surface area contributed by atoms with Gasteiger partial charge >= 0.3 is 5.69 Å². The quantitative estimate of drug-likeness (QED) is 0.513. The highest BCUT2D eigenvalue weighted by Gasteiger charge is 2.17. The maximum atomic E-state index is 13.1. The number of fused-ring (bicyclic) bond motifs is 1. The minimum Gasteiger partial charge on any atom is -0.495 e. The molecule has 0 radical (unpaired) electrons. The number of nitrogens with one attached hydrogen (secondary N) is 1. The highest BCUT2D eigenvalue weighted by Crippen LogP contribution is 2.27. The van der Waals surface area contributed by atoms with Gasteiger partial charge in [-0.3, -0.25) is 14.2 Å². The Morgan fingerprint density at radius 2 is 1.90 bits per heavy atom. The Bertz CT molecular complexity index is 1360. The van der Waals surface area contributed by atoms with Crippen molar-refractivity contribution < 1.29 is 9.53 Å². The van der Waals surface area contributed by atoms with Gasteiger partial charge in [0.25, 0.3) is 5.56 Å². The molecule has 30 heavy (non-hydrogen) atoms. The average molecular weight is 442 g/mol. The van der Waals surface area contributed by atoms with E-state index in [9.17, 15) is 14.4 Å². The van der Waals surface area contributed by atoms with E-state index in [0.29, 0.717) is 32.4 Å². The van der Waals surface area contributed by atoms with Gasteiger partial charge in [-0.2, -0.15) is 0 Å². The number of carbonyl (C=O) groups excluding carboxylic acids is 1. The molecule has 0 atom stereocenters. The predicted octanol–water partition coefficient (Wildman–Crippen LogP) is 3.51. The third-order valence-corrected chi connectivity index (χ3v) is 5.69. The Kier molecular flexibility index (Phi) is 5.43. The van der Waals surface area contributed by atoms with E-state index in [0.717, 1.165) is 4.57 Å². The van der Waals surface area contributed by atoms with Crippen molar-refractivity contribution in [2.75, 3.05) is 12.4 Å². The van der Waals surface area contributed by atoms with Gasteiger partial charge in [-0.25, -0.2) is 9.36 Å². The van der Waals surface area contributed by atoms with Crippen LogP contribution in [0.3, 0.4) is 0 Å². The minimum absolute atomic E-state index is 0.261. The molecule has 0 bridgehead atoms. The molecule has 4 aromatic rings. The van der Waals surface area contributed by atoms with E-state index in [1.54, 1.807) is 60.0 Å². The van der Waals surface area contributed by atoms with E-state index in [-0.39, 0.29) is 6.54 Å². The van der Waals surface area contributed by atoms with Gasteiger partial charge in [0.2, 0.25) is 5.91 Å². The van der Waals surface area contributed by atoms with Crippen molar-refractivity contribution in [3.8, 4) is 11.4 Å². The lowest BCUT2D eigenvalue weighted by Gasteiger charge is -2.13. The molecule has 0 saturated carbocycles. The van der Waals surface area contributed by atoms with E-state index < -0.39 is 17.2 Å². The minimum atomic E-state index is -0.583. The zero-order chi connectivity index (χ0) is 21.3. The first-order valence-electron chi connectivity index (χ1n) is 8.91. The van der Waals surface area contributed by atoms with Gasteiger partial charge in [-0.1, -0.05) is 29.8 Å². The van der Waals surface area contributed by atoms with Gasteiger partial charge in [0, 0.05) is 5.69 Å². The van der Waals surface area contributed by atoms with Crippen LogP contribution in [0.5, 0.6) is 5.75 Å². The Morgan fingerprint density at radius 3 is 2.60 bits per heavy atom. The fourth-order valence-corrected chi connectivity index (χ4v) is 4.21. The molecule has 7 nitrogen and oxygen atoms in total. The molecule has 2 heterocycles. The molecule has 0 unspecified atom stereocenters. The summed E-state index contributed by atoms with van der Waals surface area (Å²) in [6.45, 7) is -0.261. The van der Waals surface area contributed by atoms with Crippen LogP contribution in [-0.2, 0) is 11.3 Å². The summed E-state index contributed by atoms with van der Waals surface area (Å²) in [4.78, 5) is 38.7. The number of anilines is 1. The Morgan fingerprint density at radius 1 is 1.13 bits per heavy atom. The van der Waals surface area contributed by atoms with Crippen LogP contribution < -0.4 is 21.3 Å². The maximum Gasteiger partial charge on any atom is 0.336 e. The van der Waals surface area contributed by atoms with Crippen molar-refractivity contribution >= 4 is 44.7 Å². The van der Waals surface area contributed by atoms with Crippen molar-refractivity contribution in [2.24, 2.45) is 0 Å². The van der Waals surface area contributed by atoms with Gasteiger partial charge < -0.3 is 10.1 Å². The topological polar surface area (TPSA) is 82.3 Å². The molecule has 9 heteroatoms. The van der Waals surface area contributed by atoms with Crippen molar-refractivity contribution in [3.05, 3.63) is 85.8 Å². The van der Waals surface area contributed by atoms with Gasteiger partial charge in [0.15, 0.2) is 0 Å². The molecule has 0 spiro atoms. The number of rotatable bonds is 5. The third kappa shape index (κ3) is 3.62. The number of benzene rings is 2. The van der Waals surface area contributed by atoms with Crippen molar-refractivity contribution in [1.82, 2.24) is 9.13 Å². The summed E-state index contributed by atoms with van der Waals surface area (Å²) in [5.74, 6) is 0.0601. The summed E-state index contributed by atoms with van der Waals surface area (Å²) in [6.07, 6.45) is 0. The second-order valence-corrected chi connectivity index (χ2v) is 7.70. The normalized spacial score (nSPS) is 10.9. The molecule has 0 aliphatic carbocycles. The number of ether oxygens (including phenoxy) is 1. The van der Waals surface area contributed by atoms with Crippen LogP contribution in [0, 0.1) is 0 Å². The molecular weight excluding hydrogens is 426 g/mol. The number of hydrogen-bond donors (Lipinski definition) is 1. The number of hydrogen-bond acceptors (Lipinski definition) is 5. The number of carbonyl (C=O) groups is 1. The van der Waals surface area contributed by atoms with Crippen LogP contribution in [0.4, 0.5) is 5.69 Å². The molecular formula is C21H16ClN3O4S. The second-order valence-electron chi connectivity index (χ2n) is 6.38. The smallest absolute Gasteiger partial charge is 0.336 e. The monoisotopic (exact) mass is 441 g/mol. The largest absolute Gasteiger partial charge is 0.495 e. The van der Waals surface area contributed by atoms with E-state index in [4.69, 9.17) is 16.3 Å². The number of nitrogens with zero attached hydrogens (tertiary/aromatic N) is 2. The number of thiophene rings is 1. The van der Waals surface area contributed by atoms with E-state index in [1.165, 1.54) is 23.0 Å². The standard InChI is InChI=1S/C21H16ClN3O4S/c1-29-17-8-7-13(11-15(17)22)23-18(26)12-24-16-9-10-30-19(16)20(27)25(21(24)28)14-5-3-2-4-6-14/h2-11H,12H2,1H3,(H,23,26). The zero-order valence-corrected chi connectivity index (χ0v) is 17.4. The van der Waals surface area contributed by atoms with Crippen LogP contribution in [0.15, 0.2) is 69.6 Å². The fourth-order valence-electron chi connectivity index (χ4n) is 3.13. The van der Waals surface area contributed by atoms with Crippen LogP contribution in [0.2, 0.25) is 5.02 Å². The molecule has 4 rings (SSSR count). The Balaban J connectivity index is 1.73. The Labute approximate surface area is 179 Å². The van der Waals surface area contributed by atoms with Gasteiger partial charge in [-0.05, 0) is 41.8 Å². The average Bonchev–Trinajstić information content (AvgIpc) is 3.22. The third-order valence-electron chi connectivity index (χ3n) is 4.51. The van der Waals surface area contributed by atoms with E-state index >= 15 is 0 Å². The van der Waals surface area contributed by atoms with Crippen LogP contribution in [0.1, 0.15) is 0 Å². The maximum absolute atomic E-state index is 13.1. The van der Waals surface area contributed by atoms with Crippen LogP contribution >= 0.6 is 22.9 Å². The van der Waals surface area contributed by atoms with Crippen molar-refractivity contribution in [3.63, 3.8) is 0 Å². The summed E-state index contributed by atoms with van der Waals surface area (Å²) in [7, 11) is 1.50.